The van der Waals surface area contributed by atoms with Crippen LogP contribution in [0, 0.1) is 11.8 Å². The average Bonchev–Trinajstić information content (AvgIpc) is 2.84. The fraction of sp³-hybridized carbons (Fsp3) is 0.938. The third kappa shape index (κ3) is 7.13. The molecule has 1 heterocycles. The number of likely N-dealkylation sites (tertiary alicyclic amines) is 1. The second kappa shape index (κ2) is 10.0. The first kappa shape index (κ1) is 17.3. The summed E-state index contributed by atoms with van der Waals surface area (Å²) in [6.45, 7) is 15.5. The Morgan fingerprint density at radius 2 is 2.10 bits per heavy atom. The topological polar surface area (TPSA) is 39.7 Å². The molecule has 0 saturated carbocycles. The van der Waals surface area contributed by atoms with Crippen molar-refractivity contribution in [1.29, 1.82) is 0 Å². The molecule has 1 saturated heterocycles. The van der Waals surface area contributed by atoms with Gasteiger partial charge in [0.1, 0.15) is 0 Å². The van der Waals surface area contributed by atoms with E-state index in [2.05, 4.69) is 43.2 Å². The Labute approximate surface area is 125 Å². The number of guanidine groups is 1. The molecule has 0 aromatic heterocycles. The Hall–Kier alpha value is -0.770. The molecule has 1 rings (SSSR count). The van der Waals surface area contributed by atoms with Crippen LogP contribution in [-0.4, -0.2) is 50.1 Å². The standard InChI is InChI=1S/C16H34N4/c1-5-10-20-11-8-15(13-20)12-19-16(17-6-2)18-9-7-14(3)4/h14-15H,5-13H2,1-4H3,(H2,17,18,19). The first-order valence-corrected chi connectivity index (χ1v) is 8.40. The lowest BCUT2D eigenvalue weighted by Gasteiger charge is -2.15. The highest BCUT2D eigenvalue weighted by molar-refractivity contribution is 5.79. The van der Waals surface area contributed by atoms with Gasteiger partial charge in [0.2, 0.25) is 0 Å². The summed E-state index contributed by atoms with van der Waals surface area (Å²) in [5, 5.41) is 6.78. The maximum absolute atomic E-state index is 4.75. The number of nitrogens with zero attached hydrogens (tertiary/aromatic N) is 2. The molecule has 0 aliphatic carbocycles. The number of aliphatic imine (C=N–C) groups is 1. The molecule has 0 aromatic rings. The van der Waals surface area contributed by atoms with Crippen LogP contribution in [0.15, 0.2) is 4.99 Å². The van der Waals surface area contributed by atoms with Gasteiger partial charge < -0.3 is 15.5 Å². The zero-order chi connectivity index (χ0) is 14.8. The van der Waals surface area contributed by atoms with Crippen molar-refractivity contribution >= 4 is 5.96 Å². The zero-order valence-electron chi connectivity index (χ0n) is 13.9. The summed E-state index contributed by atoms with van der Waals surface area (Å²) in [7, 11) is 0. The molecule has 0 bridgehead atoms. The van der Waals surface area contributed by atoms with E-state index in [9.17, 15) is 0 Å². The lowest BCUT2D eigenvalue weighted by Crippen LogP contribution is -2.38. The van der Waals surface area contributed by atoms with Gasteiger partial charge in [0, 0.05) is 26.2 Å². The zero-order valence-corrected chi connectivity index (χ0v) is 13.9. The first-order chi connectivity index (χ1) is 9.65. The van der Waals surface area contributed by atoms with Crippen LogP contribution in [0.5, 0.6) is 0 Å². The minimum atomic E-state index is 0.738. The van der Waals surface area contributed by atoms with Gasteiger partial charge >= 0.3 is 0 Å². The molecule has 2 N–H and O–H groups in total. The normalized spacial score (nSPS) is 20.6. The Bertz CT molecular complexity index is 276. The Morgan fingerprint density at radius 1 is 1.30 bits per heavy atom. The molecule has 4 heteroatoms. The van der Waals surface area contributed by atoms with E-state index < -0.39 is 0 Å². The Morgan fingerprint density at radius 3 is 2.75 bits per heavy atom. The Balaban J connectivity index is 2.31. The van der Waals surface area contributed by atoms with Crippen molar-refractivity contribution in [2.45, 2.75) is 47.0 Å². The summed E-state index contributed by atoms with van der Waals surface area (Å²) >= 11 is 0. The summed E-state index contributed by atoms with van der Waals surface area (Å²) in [6, 6.07) is 0. The van der Waals surface area contributed by atoms with Crippen molar-refractivity contribution in [2.75, 3.05) is 39.3 Å². The van der Waals surface area contributed by atoms with E-state index in [-0.39, 0.29) is 0 Å². The fourth-order valence-corrected chi connectivity index (χ4v) is 2.62. The highest BCUT2D eigenvalue weighted by Crippen LogP contribution is 2.16. The lowest BCUT2D eigenvalue weighted by molar-refractivity contribution is 0.326. The minimum absolute atomic E-state index is 0.738. The molecule has 1 aliphatic rings. The van der Waals surface area contributed by atoms with Crippen molar-refractivity contribution < 1.29 is 0 Å². The van der Waals surface area contributed by atoms with E-state index >= 15 is 0 Å². The van der Waals surface area contributed by atoms with Crippen molar-refractivity contribution in [1.82, 2.24) is 15.5 Å². The SMILES string of the molecule is CCCN1CCC(CN=C(NCC)NCCC(C)C)C1. The fourth-order valence-electron chi connectivity index (χ4n) is 2.62. The van der Waals surface area contributed by atoms with Crippen LogP contribution in [0.4, 0.5) is 0 Å². The van der Waals surface area contributed by atoms with Crippen LogP contribution < -0.4 is 10.6 Å². The Kier molecular flexibility index (Phi) is 8.67. The van der Waals surface area contributed by atoms with Gasteiger partial charge in [-0.3, -0.25) is 4.99 Å². The molecule has 1 aliphatic heterocycles. The second-order valence-electron chi connectivity index (χ2n) is 6.28. The maximum Gasteiger partial charge on any atom is 0.191 e. The predicted octanol–water partition coefficient (Wildman–Crippen LogP) is 2.32. The third-order valence-corrected chi connectivity index (χ3v) is 3.78. The first-order valence-electron chi connectivity index (χ1n) is 8.40. The second-order valence-corrected chi connectivity index (χ2v) is 6.28. The molecule has 0 spiro atoms. The molecule has 1 atom stereocenters. The van der Waals surface area contributed by atoms with Gasteiger partial charge in [-0.1, -0.05) is 20.8 Å². The highest BCUT2D eigenvalue weighted by Gasteiger charge is 2.21. The molecule has 4 nitrogen and oxygen atoms in total. The van der Waals surface area contributed by atoms with Gasteiger partial charge in [-0.2, -0.15) is 0 Å². The minimum Gasteiger partial charge on any atom is -0.357 e. The van der Waals surface area contributed by atoms with Gasteiger partial charge in [-0.25, -0.2) is 0 Å². The summed E-state index contributed by atoms with van der Waals surface area (Å²) in [4.78, 5) is 7.32. The number of rotatable bonds is 8. The van der Waals surface area contributed by atoms with Crippen molar-refractivity contribution in [2.24, 2.45) is 16.8 Å². The molecule has 20 heavy (non-hydrogen) atoms. The smallest absolute Gasteiger partial charge is 0.191 e. The van der Waals surface area contributed by atoms with Crippen molar-refractivity contribution in [3.8, 4) is 0 Å². The molecule has 0 radical (unpaired) electrons. The van der Waals surface area contributed by atoms with E-state index in [0.717, 1.165) is 37.4 Å². The maximum atomic E-state index is 4.75. The van der Waals surface area contributed by atoms with Crippen LogP contribution in [0.3, 0.4) is 0 Å². The molecule has 118 valence electrons. The monoisotopic (exact) mass is 282 g/mol. The highest BCUT2D eigenvalue weighted by atomic mass is 15.2. The summed E-state index contributed by atoms with van der Waals surface area (Å²) in [6.07, 6.45) is 3.75. The van der Waals surface area contributed by atoms with E-state index in [1.54, 1.807) is 0 Å². The average molecular weight is 282 g/mol. The number of nitrogens with one attached hydrogen (secondary N) is 2. The van der Waals surface area contributed by atoms with Crippen LogP contribution in [0.2, 0.25) is 0 Å². The molecule has 1 fully saturated rings. The lowest BCUT2D eigenvalue weighted by atomic mass is 10.1. The summed E-state index contributed by atoms with van der Waals surface area (Å²) < 4.78 is 0. The quantitative estimate of drug-likeness (QED) is 0.530. The molecule has 0 amide bonds. The van der Waals surface area contributed by atoms with Crippen molar-refractivity contribution in [3.05, 3.63) is 0 Å². The summed E-state index contributed by atoms with van der Waals surface area (Å²) in [5.74, 6) is 2.46. The van der Waals surface area contributed by atoms with Crippen LogP contribution >= 0.6 is 0 Å². The largest absolute Gasteiger partial charge is 0.357 e. The van der Waals surface area contributed by atoms with E-state index in [0.29, 0.717) is 0 Å². The third-order valence-electron chi connectivity index (χ3n) is 3.78. The molecular weight excluding hydrogens is 248 g/mol. The molecular formula is C16H34N4. The van der Waals surface area contributed by atoms with Crippen molar-refractivity contribution in [3.63, 3.8) is 0 Å². The van der Waals surface area contributed by atoms with Gasteiger partial charge in [0.05, 0.1) is 0 Å². The predicted molar refractivity (Wildman–Crippen MR) is 88.3 cm³/mol. The van der Waals surface area contributed by atoms with E-state index in [1.807, 2.05) is 0 Å². The van der Waals surface area contributed by atoms with Gasteiger partial charge in [-0.15, -0.1) is 0 Å². The molecule has 0 aromatic carbocycles. The number of hydrogen-bond donors (Lipinski definition) is 2. The van der Waals surface area contributed by atoms with Gasteiger partial charge in [0.25, 0.3) is 0 Å². The van der Waals surface area contributed by atoms with Crippen LogP contribution in [-0.2, 0) is 0 Å². The van der Waals surface area contributed by atoms with E-state index in [4.69, 9.17) is 4.99 Å². The van der Waals surface area contributed by atoms with E-state index in [1.165, 1.54) is 38.9 Å². The molecule has 1 unspecified atom stereocenters. The van der Waals surface area contributed by atoms with Gasteiger partial charge in [-0.05, 0) is 51.1 Å². The van der Waals surface area contributed by atoms with Crippen LogP contribution in [0.25, 0.3) is 0 Å². The summed E-state index contributed by atoms with van der Waals surface area (Å²) in [5.41, 5.74) is 0. The number of hydrogen-bond acceptors (Lipinski definition) is 2. The van der Waals surface area contributed by atoms with Gasteiger partial charge in [0.15, 0.2) is 5.96 Å². The van der Waals surface area contributed by atoms with Crippen LogP contribution in [0.1, 0.15) is 47.0 Å².